The van der Waals surface area contributed by atoms with Crippen LogP contribution in [-0.4, -0.2) is 56.4 Å². The first-order valence-corrected chi connectivity index (χ1v) is 21.9. The summed E-state index contributed by atoms with van der Waals surface area (Å²) < 4.78 is 41.9. The minimum Gasteiger partial charge on any atom is -0.497 e. The van der Waals surface area contributed by atoms with Crippen molar-refractivity contribution in [3.05, 3.63) is 156 Å². The molecule has 7 aromatic rings. The van der Waals surface area contributed by atoms with Crippen LogP contribution in [0.25, 0.3) is 32.3 Å². The van der Waals surface area contributed by atoms with E-state index >= 15 is 0 Å². The second-order valence-corrected chi connectivity index (χ2v) is 17.3. The van der Waals surface area contributed by atoms with Crippen LogP contribution in [0.4, 0.5) is 0 Å². The Morgan fingerprint density at radius 2 is 1.27 bits per heavy atom. The largest absolute Gasteiger partial charge is 0.497 e. The molecule has 8 rings (SSSR count). The van der Waals surface area contributed by atoms with Gasteiger partial charge in [-0.1, -0.05) is 109 Å². The normalized spacial score (nSPS) is 17.6. The first kappa shape index (κ1) is 41.6. The van der Waals surface area contributed by atoms with E-state index in [2.05, 4.69) is 129 Å². The average Bonchev–Trinajstić information content (AvgIpc) is 3.68. The van der Waals surface area contributed by atoms with Gasteiger partial charge < -0.3 is 28.0 Å². The molecule has 0 amide bonds. The maximum atomic E-state index is 9.47. The van der Waals surface area contributed by atoms with E-state index in [0.717, 1.165) is 33.8 Å². The van der Waals surface area contributed by atoms with Gasteiger partial charge in [0.2, 0.25) is 0 Å². The molecule has 0 spiro atoms. The smallest absolute Gasteiger partial charge is 0.259 e. The minimum absolute atomic E-state index is 0.138. The van der Waals surface area contributed by atoms with E-state index in [1.54, 1.807) is 14.2 Å². The highest BCUT2D eigenvalue weighted by Gasteiger charge is 2.45. The standard InChI is InChI=1S/C51H53N2O6P/c1-34(2)53(35(3)4)60(57-31-11-30-52)59-47-32-46(44-28-18-38-17-16-36-12-10-13-37-19-29-45(44)50(38)49(36)37)58-48(47)33-56-51(39-14-8-7-9-15-39,40-20-24-42(54-5)25-21-40)41-22-26-43(55-6)27-23-41/h7-10,12-29,34-35,46-48H,11,31-33H2,1-6H3/t46-,47?,48-,60?/m1/s1. The van der Waals surface area contributed by atoms with Crippen LogP contribution >= 0.6 is 8.53 Å². The molecule has 0 N–H and O–H groups in total. The molecule has 8 nitrogen and oxygen atoms in total. The van der Waals surface area contributed by atoms with E-state index in [0.29, 0.717) is 6.42 Å². The summed E-state index contributed by atoms with van der Waals surface area (Å²) in [5.74, 6) is 1.51. The summed E-state index contributed by atoms with van der Waals surface area (Å²) in [5.41, 5.74) is 2.91. The summed E-state index contributed by atoms with van der Waals surface area (Å²) in [6.45, 7) is 9.10. The number of methoxy groups -OCH3 is 2. The molecule has 0 aromatic heterocycles. The molecule has 1 heterocycles. The van der Waals surface area contributed by atoms with Crippen molar-refractivity contribution in [2.24, 2.45) is 0 Å². The topological polar surface area (TPSA) is 82.4 Å². The minimum atomic E-state index is -1.57. The molecule has 1 saturated heterocycles. The summed E-state index contributed by atoms with van der Waals surface area (Å²) in [6.07, 6.45) is -0.315. The number of nitrogens with zero attached hydrogens (tertiary/aromatic N) is 2. The van der Waals surface area contributed by atoms with Gasteiger partial charge in [0, 0.05) is 18.5 Å². The lowest BCUT2D eigenvalue weighted by Gasteiger charge is -2.39. The van der Waals surface area contributed by atoms with Crippen LogP contribution < -0.4 is 9.47 Å². The van der Waals surface area contributed by atoms with Gasteiger partial charge in [-0.3, -0.25) is 0 Å². The zero-order valence-corrected chi connectivity index (χ0v) is 36.1. The van der Waals surface area contributed by atoms with Crippen LogP contribution in [0.2, 0.25) is 0 Å². The highest BCUT2D eigenvalue weighted by atomic mass is 31.2. The van der Waals surface area contributed by atoms with E-state index < -0.39 is 26.3 Å². The first-order valence-electron chi connectivity index (χ1n) is 20.8. The molecule has 7 aromatic carbocycles. The summed E-state index contributed by atoms with van der Waals surface area (Å²) in [7, 11) is 1.78. The van der Waals surface area contributed by atoms with Crippen molar-refractivity contribution < 1.29 is 28.0 Å². The van der Waals surface area contributed by atoms with E-state index in [1.165, 1.54) is 32.3 Å². The quantitative estimate of drug-likeness (QED) is 0.0389. The number of hydrogen-bond acceptors (Lipinski definition) is 8. The third-order valence-corrected chi connectivity index (χ3v) is 13.8. The lowest BCUT2D eigenvalue weighted by molar-refractivity contribution is -0.0804. The lowest BCUT2D eigenvalue weighted by Crippen LogP contribution is -2.39. The molecule has 1 aliphatic rings. The molecule has 2 unspecified atom stereocenters. The van der Waals surface area contributed by atoms with Gasteiger partial charge in [0.05, 0.1) is 52.1 Å². The molecule has 9 heteroatoms. The molecule has 0 saturated carbocycles. The van der Waals surface area contributed by atoms with Gasteiger partial charge in [0.1, 0.15) is 23.2 Å². The van der Waals surface area contributed by atoms with Gasteiger partial charge in [0.25, 0.3) is 8.53 Å². The molecule has 0 radical (unpaired) electrons. The molecule has 1 fully saturated rings. The predicted molar refractivity (Wildman–Crippen MR) is 241 cm³/mol. The third-order valence-electron chi connectivity index (χ3n) is 11.6. The van der Waals surface area contributed by atoms with Crippen molar-refractivity contribution >= 4 is 40.8 Å². The monoisotopic (exact) mass is 820 g/mol. The van der Waals surface area contributed by atoms with Crippen molar-refractivity contribution in [2.75, 3.05) is 27.4 Å². The number of nitriles is 1. The summed E-state index contributed by atoms with van der Waals surface area (Å²) in [6, 6.07) is 48.8. The summed E-state index contributed by atoms with van der Waals surface area (Å²) in [4.78, 5) is 0. The lowest BCUT2D eigenvalue weighted by atomic mass is 9.80. The van der Waals surface area contributed by atoms with Crippen molar-refractivity contribution in [1.29, 1.82) is 5.26 Å². The van der Waals surface area contributed by atoms with Crippen LogP contribution in [0.5, 0.6) is 11.5 Å². The van der Waals surface area contributed by atoms with E-state index in [1.807, 2.05) is 42.5 Å². The first-order chi connectivity index (χ1) is 29.2. The Labute approximate surface area is 354 Å². The molecule has 0 bridgehead atoms. The number of benzene rings is 7. The van der Waals surface area contributed by atoms with Crippen molar-refractivity contribution in [3.8, 4) is 17.6 Å². The van der Waals surface area contributed by atoms with Gasteiger partial charge in [-0.15, -0.1) is 0 Å². The van der Waals surface area contributed by atoms with Gasteiger partial charge in [-0.2, -0.15) is 5.26 Å². The van der Waals surface area contributed by atoms with E-state index in [4.69, 9.17) is 28.0 Å². The van der Waals surface area contributed by atoms with Crippen LogP contribution in [0.15, 0.2) is 133 Å². The Morgan fingerprint density at radius 3 is 1.85 bits per heavy atom. The molecule has 60 heavy (non-hydrogen) atoms. The molecular weight excluding hydrogens is 768 g/mol. The van der Waals surface area contributed by atoms with Crippen LogP contribution in [0.3, 0.4) is 0 Å². The van der Waals surface area contributed by atoms with Crippen molar-refractivity contribution in [2.45, 2.75) is 76.5 Å². The fourth-order valence-electron chi connectivity index (χ4n) is 8.90. The van der Waals surface area contributed by atoms with Gasteiger partial charge in [-0.25, -0.2) is 4.67 Å². The second-order valence-electron chi connectivity index (χ2n) is 15.9. The van der Waals surface area contributed by atoms with Crippen LogP contribution in [0.1, 0.15) is 68.9 Å². The highest BCUT2D eigenvalue weighted by molar-refractivity contribution is 7.44. The molecule has 4 atom stereocenters. The van der Waals surface area contributed by atoms with E-state index in [-0.39, 0.29) is 37.8 Å². The number of ether oxygens (including phenoxy) is 4. The molecule has 1 aliphatic heterocycles. The molecular formula is C51H53N2O6P. The Morgan fingerprint density at radius 1 is 0.700 bits per heavy atom. The van der Waals surface area contributed by atoms with Gasteiger partial charge >= 0.3 is 0 Å². The maximum Gasteiger partial charge on any atom is 0.259 e. The Hall–Kier alpha value is -5.10. The maximum absolute atomic E-state index is 9.47. The Kier molecular flexibility index (Phi) is 12.7. The SMILES string of the molecule is COc1ccc(C(OC[C@H]2O[C@@H](c3ccc4ccc5cccc6ccc3c4c56)CC2OP(OCCC#N)N(C(C)C)C(C)C)(c2ccccc2)c2ccc(OC)cc2)cc1. The highest BCUT2D eigenvalue weighted by Crippen LogP contribution is 2.52. The van der Waals surface area contributed by atoms with Crippen LogP contribution in [-0.2, 0) is 24.1 Å². The van der Waals surface area contributed by atoms with Crippen molar-refractivity contribution in [1.82, 2.24) is 4.67 Å². The summed E-state index contributed by atoms with van der Waals surface area (Å²) >= 11 is 0. The number of rotatable bonds is 17. The second kappa shape index (κ2) is 18.3. The summed E-state index contributed by atoms with van der Waals surface area (Å²) in [5, 5.41) is 16.8. The molecule has 308 valence electrons. The molecule has 0 aliphatic carbocycles. The van der Waals surface area contributed by atoms with Gasteiger partial charge in [0.15, 0.2) is 0 Å². The Bertz CT molecular complexity index is 2470. The van der Waals surface area contributed by atoms with E-state index in [9.17, 15) is 5.26 Å². The Balaban J connectivity index is 1.23. The zero-order valence-electron chi connectivity index (χ0n) is 35.2. The third kappa shape index (κ3) is 8.07. The fraction of sp³-hybridized carbons (Fsp3) is 0.314. The fourth-order valence-corrected chi connectivity index (χ4v) is 10.7. The van der Waals surface area contributed by atoms with Crippen LogP contribution in [0, 0.1) is 11.3 Å². The van der Waals surface area contributed by atoms with Crippen molar-refractivity contribution in [3.63, 3.8) is 0 Å². The average molecular weight is 821 g/mol. The zero-order chi connectivity index (χ0) is 41.8. The number of hydrogen-bond donors (Lipinski definition) is 0. The predicted octanol–water partition coefficient (Wildman–Crippen LogP) is 12.1. The van der Waals surface area contributed by atoms with Gasteiger partial charge in [-0.05, 0) is 107 Å².